The summed E-state index contributed by atoms with van der Waals surface area (Å²) in [5.41, 5.74) is 5.36. The van der Waals surface area contributed by atoms with Crippen LogP contribution in [0.4, 0.5) is 5.69 Å². The van der Waals surface area contributed by atoms with E-state index in [4.69, 9.17) is 4.74 Å². The lowest BCUT2D eigenvalue weighted by atomic mass is 9.81. The second-order valence-corrected chi connectivity index (χ2v) is 8.47. The monoisotopic (exact) mass is 418 g/mol. The van der Waals surface area contributed by atoms with Gasteiger partial charge in [-0.3, -0.25) is 0 Å². The molecule has 1 fully saturated rings. The molecule has 0 saturated heterocycles. The lowest BCUT2D eigenvalue weighted by Gasteiger charge is -2.24. The van der Waals surface area contributed by atoms with Crippen LogP contribution in [0.1, 0.15) is 60.0 Å². The number of carboxylic acid groups (broad SMARTS) is 1. The maximum Gasteiger partial charge on any atom is 0.337 e. The first-order chi connectivity index (χ1) is 15.1. The molecule has 1 saturated carbocycles. The summed E-state index contributed by atoms with van der Waals surface area (Å²) in [6.45, 7) is 0.273. The first kappa shape index (κ1) is 19.7. The van der Waals surface area contributed by atoms with E-state index in [2.05, 4.69) is 11.4 Å². The molecule has 1 atom stereocenters. The molecule has 1 aliphatic carbocycles. The molecule has 0 bridgehead atoms. The number of fused-ring (bicyclic) bond motifs is 5. The van der Waals surface area contributed by atoms with E-state index < -0.39 is 18.0 Å². The average Bonchev–Trinajstić information content (AvgIpc) is 3.03. The fourth-order valence-electron chi connectivity index (χ4n) is 5.32. The molecule has 2 heterocycles. The van der Waals surface area contributed by atoms with Gasteiger partial charge in [0, 0.05) is 23.2 Å². The molecular weight excluding hydrogens is 392 g/mol. The maximum absolute atomic E-state index is 12.4. The van der Waals surface area contributed by atoms with Crippen molar-refractivity contribution in [3.63, 3.8) is 0 Å². The summed E-state index contributed by atoms with van der Waals surface area (Å²) in [5, 5.41) is 14.5. The Balaban J connectivity index is 1.88. The number of ether oxygens (including phenoxy) is 1. The number of nitrogens with zero attached hydrogens (tertiary/aromatic N) is 1. The van der Waals surface area contributed by atoms with Crippen molar-refractivity contribution in [1.82, 2.24) is 4.57 Å². The van der Waals surface area contributed by atoms with Crippen LogP contribution in [0, 0.1) is 0 Å². The van der Waals surface area contributed by atoms with Gasteiger partial charge in [-0.1, -0.05) is 43.5 Å². The van der Waals surface area contributed by atoms with Crippen LogP contribution in [-0.2, 0) is 9.53 Å². The van der Waals surface area contributed by atoms with Gasteiger partial charge in [0.05, 0.1) is 23.9 Å². The number of benzene rings is 2. The third-order valence-electron chi connectivity index (χ3n) is 6.74. The van der Waals surface area contributed by atoms with Gasteiger partial charge in [0.15, 0.2) is 0 Å². The van der Waals surface area contributed by atoms with E-state index in [1.165, 1.54) is 31.9 Å². The Morgan fingerprint density at radius 1 is 1.10 bits per heavy atom. The summed E-state index contributed by atoms with van der Waals surface area (Å²) in [4.78, 5) is 24.6. The zero-order valence-corrected chi connectivity index (χ0v) is 17.6. The highest BCUT2D eigenvalue weighted by molar-refractivity contribution is 6.01. The van der Waals surface area contributed by atoms with Gasteiger partial charge in [0.2, 0.25) is 0 Å². The Hall–Kier alpha value is -3.28. The van der Waals surface area contributed by atoms with Crippen LogP contribution in [0.3, 0.4) is 0 Å². The number of hydrogen-bond acceptors (Lipinski definition) is 4. The number of rotatable bonds is 3. The van der Waals surface area contributed by atoms with Crippen molar-refractivity contribution in [2.75, 3.05) is 19.0 Å². The molecule has 1 aliphatic heterocycles. The Morgan fingerprint density at radius 2 is 1.87 bits per heavy atom. The summed E-state index contributed by atoms with van der Waals surface area (Å²) >= 11 is 0. The number of carbonyl (C=O) groups is 2. The summed E-state index contributed by atoms with van der Waals surface area (Å²) in [5.74, 6) is -0.940. The highest BCUT2D eigenvalue weighted by Crippen LogP contribution is 2.48. The second-order valence-electron chi connectivity index (χ2n) is 8.47. The lowest BCUT2D eigenvalue weighted by molar-refractivity contribution is -0.140. The molecule has 6 heteroatoms. The number of hydrogen-bond donors (Lipinski definition) is 2. The van der Waals surface area contributed by atoms with Gasteiger partial charge in [0.25, 0.3) is 0 Å². The van der Waals surface area contributed by atoms with Crippen LogP contribution < -0.4 is 5.32 Å². The zero-order chi connectivity index (χ0) is 21.5. The largest absolute Gasteiger partial charge is 0.480 e. The quantitative estimate of drug-likeness (QED) is 0.572. The molecule has 1 unspecified atom stereocenters. The van der Waals surface area contributed by atoms with Gasteiger partial charge in [0.1, 0.15) is 6.04 Å². The molecule has 1 aromatic heterocycles. The van der Waals surface area contributed by atoms with Crippen molar-refractivity contribution in [3.8, 4) is 11.3 Å². The minimum absolute atomic E-state index is 0.273. The van der Waals surface area contributed by atoms with Crippen LogP contribution in [0.5, 0.6) is 0 Å². The molecule has 0 amide bonds. The third-order valence-corrected chi connectivity index (χ3v) is 6.74. The normalized spacial score (nSPS) is 18.5. The van der Waals surface area contributed by atoms with Crippen molar-refractivity contribution >= 4 is 28.5 Å². The minimum atomic E-state index is -0.892. The number of anilines is 1. The standard InChI is InChI=1S/C25H26N2O4/c1-31-25(30)16-11-12-18-20(13-16)27-21(24(28)29)14-26-19-10-6-5-9-17(19)23(27)22(18)15-7-3-2-4-8-15/h5-6,9-13,15,21,26H,2-4,7-8,14H2,1H3,(H,28,29). The molecule has 3 aromatic rings. The third kappa shape index (κ3) is 3.17. The van der Waals surface area contributed by atoms with Crippen molar-refractivity contribution < 1.29 is 19.4 Å². The fourth-order valence-corrected chi connectivity index (χ4v) is 5.32. The molecule has 6 nitrogen and oxygen atoms in total. The van der Waals surface area contributed by atoms with Gasteiger partial charge < -0.3 is 19.7 Å². The SMILES string of the molecule is COC(=O)c1ccc2c(C3CCCCC3)c3n(c2c1)C(C(=O)O)CNc1ccccc1-3. The van der Waals surface area contributed by atoms with Crippen molar-refractivity contribution in [1.29, 1.82) is 0 Å². The van der Waals surface area contributed by atoms with E-state index in [1.807, 2.05) is 28.8 Å². The number of carboxylic acids is 1. The molecule has 0 radical (unpaired) electrons. The first-order valence-electron chi connectivity index (χ1n) is 10.9. The predicted octanol–water partition coefficient (Wildman–Crippen LogP) is 5.19. The van der Waals surface area contributed by atoms with Crippen LogP contribution >= 0.6 is 0 Å². The van der Waals surface area contributed by atoms with E-state index in [0.717, 1.165) is 40.7 Å². The Labute approximate surface area is 180 Å². The van der Waals surface area contributed by atoms with E-state index >= 15 is 0 Å². The number of carbonyl (C=O) groups excluding carboxylic acids is 1. The zero-order valence-electron chi connectivity index (χ0n) is 17.6. The molecule has 2 aromatic carbocycles. The number of aromatic nitrogens is 1. The molecule has 2 aliphatic rings. The van der Waals surface area contributed by atoms with Crippen molar-refractivity contribution in [2.45, 2.75) is 44.1 Å². The maximum atomic E-state index is 12.4. The number of methoxy groups -OCH3 is 1. The number of nitrogens with one attached hydrogen (secondary N) is 1. The Bertz CT molecular complexity index is 1170. The van der Waals surface area contributed by atoms with Crippen LogP contribution in [0.15, 0.2) is 42.5 Å². The first-order valence-corrected chi connectivity index (χ1v) is 10.9. The summed E-state index contributed by atoms with van der Waals surface area (Å²) in [6, 6.07) is 12.8. The van der Waals surface area contributed by atoms with Crippen LogP contribution in [0.25, 0.3) is 22.2 Å². The van der Waals surface area contributed by atoms with E-state index in [-0.39, 0.29) is 6.54 Å². The van der Waals surface area contributed by atoms with Crippen LogP contribution in [0.2, 0.25) is 0 Å². The molecule has 0 spiro atoms. The minimum Gasteiger partial charge on any atom is -0.480 e. The highest BCUT2D eigenvalue weighted by atomic mass is 16.5. The van der Waals surface area contributed by atoms with Gasteiger partial charge in [-0.2, -0.15) is 0 Å². The topological polar surface area (TPSA) is 80.6 Å². The average molecular weight is 418 g/mol. The Kier molecular flexibility index (Phi) is 4.93. The molecule has 2 N–H and O–H groups in total. The summed E-state index contributed by atoms with van der Waals surface area (Å²) < 4.78 is 6.87. The molecule has 5 rings (SSSR count). The van der Waals surface area contributed by atoms with Gasteiger partial charge in [-0.05, 0) is 42.5 Å². The summed E-state index contributed by atoms with van der Waals surface area (Å²) in [7, 11) is 1.36. The number of aliphatic carboxylic acids is 1. The molecule has 160 valence electrons. The lowest BCUT2D eigenvalue weighted by Crippen LogP contribution is -2.25. The Morgan fingerprint density at radius 3 is 2.61 bits per heavy atom. The molecular formula is C25H26N2O4. The van der Waals surface area contributed by atoms with Gasteiger partial charge >= 0.3 is 11.9 Å². The smallest absolute Gasteiger partial charge is 0.337 e. The van der Waals surface area contributed by atoms with Gasteiger partial charge in [-0.25, -0.2) is 9.59 Å². The number of para-hydroxylation sites is 1. The number of esters is 1. The van der Waals surface area contributed by atoms with Crippen molar-refractivity contribution in [2.24, 2.45) is 0 Å². The molecule has 31 heavy (non-hydrogen) atoms. The second kappa shape index (κ2) is 7.76. The fraction of sp³-hybridized carbons (Fsp3) is 0.360. The summed E-state index contributed by atoms with van der Waals surface area (Å²) in [6.07, 6.45) is 5.79. The highest BCUT2D eigenvalue weighted by Gasteiger charge is 2.34. The van der Waals surface area contributed by atoms with Crippen molar-refractivity contribution in [3.05, 3.63) is 53.6 Å². The van der Waals surface area contributed by atoms with E-state index in [9.17, 15) is 14.7 Å². The van der Waals surface area contributed by atoms with Gasteiger partial charge in [-0.15, -0.1) is 0 Å². The van der Waals surface area contributed by atoms with E-state index in [0.29, 0.717) is 11.5 Å². The van der Waals surface area contributed by atoms with E-state index in [1.54, 1.807) is 12.1 Å². The predicted molar refractivity (Wildman–Crippen MR) is 120 cm³/mol. The van der Waals surface area contributed by atoms with Crippen LogP contribution in [-0.4, -0.2) is 35.3 Å².